The van der Waals surface area contributed by atoms with E-state index in [2.05, 4.69) is 19.9 Å². The van der Waals surface area contributed by atoms with Gasteiger partial charge in [0.2, 0.25) is 5.95 Å². The van der Waals surface area contributed by atoms with Crippen molar-refractivity contribution in [2.45, 2.75) is 44.9 Å². The van der Waals surface area contributed by atoms with Crippen molar-refractivity contribution < 1.29 is 14.3 Å². The summed E-state index contributed by atoms with van der Waals surface area (Å²) in [7, 11) is 0. The SMILES string of the molecule is C[C@@H](Oc1ccc2c(c1)c(-c1cnc(N3CCCN(C(N)=O)CC3)nc1)nn2C1CCCCO1)c1c(Cl)cncc1Cl. The number of fused-ring (bicyclic) bond motifs is 1. The number of amides is 2. The van der Waals surface area contributed by atoms with E-state index < -0.39 is 12.1 Å². The number of nitrogens with zero attached hydrogens (tertiary/aromatic N) is 7. The summed E-state index contributed by atoms with van der Waals surface area (Å²) >= 11 is 12.8. The maximum Gasteiger partial charge on any atom is 0.314 e. The molecule has 11 nitrogen and oxygen atoms in total. The number of carbonyl (C=O) groups excluding carboxylic acids is 1. The number of urea groups is 1. The van der Waals surface area contributed by atoms with Crippen LogP contribution in [0.3, 0.4) is 0 Å². The van der Waals surface area contributed by atoms with Gasteiger partial charge in [0.25, 0.3) is 0 Å². The Morgan fingerprint density at radius 1 is 1.05 bits per heavy atom. The van der Waals surface area contributed by atoms with Gasteiger partial charge in [-0.1, -0.05) is 23.2 Å². The van der Waals surface area contributed by atoms with Crippen LogP contribution in [-0.4, -0.2) is 68.4 Å². The molecule has 220 valence electrons. The smallest absolute Gasteiger partial charge is 0.314 e. The minimum Gasteiger partial charge on any atom is -0.486 e. The van der Waals surface area contributed by atoms with Crippen LogP contribution >= 0.6 is 23.2 Å². The number of benzene rings is 1. The van der Waals surface area contributed by atoms with E-state index >= 15 is 0 Å². The second kappa shape index (κ2) is 12.3. The van der Waals surface area contributed by atoms with Crippen LogP contribution in [0.15, 0.2) is 43.0 Å². The van der Waals surface area contributed by atoms with Crippen LogP contribution in [0.2, 0.25) is 10.0 Å². The predicted octanol–water partition coefficient (Wildman–Crippen LogP) is 5.63. The van der Waals surface area contributed by atoms with Gasteiger partial charge < -0.3 is 25.0 Å². The Balaban J connectivity index is 1.32. The van der Waals surface area contributed by atoms with Gasteiger partial charge in [-0.15, -0.1) is 0 Å². The van der Waals surface area contributed by atoms with Gasteiger partial charge in [0.05, 0.1) is 15.6 Å². The molecule has 13 heteroatoms. The first-order valence-corrected chi connectivity index (χ1v) is 14.9. The fourth-order valence-electron chi connectivity index (χ4n) is 5.56. The third kappa shape index (κ3) is 5.81. The molecule has 2 saturated heterocycles. The Labute approximate surface area is 253 Å². The Morgan fingerprint density at radius 3 is 2.55 bits per heavy atom. The zero-order valence-corrected chi connectivity index (χ0v) is 24.8. The topological polar surface area (TPSA) is 125 Å². The number of carbonyl (C=O) groups is 1. The van der Waals surface area contributed by atoms with E-state index in [-0.39, 0.29) is 6.23 Å². The van der Waals surface area contributed by atoms with Gasteiger partial charge in [0.15, 0.2) is 6.23 Å². The lowest BCUT2D eigenvalue weighted by molar-refractivity contribution is -0.0365. The normalized spacial score (nSPS) is 18.6. The number of nitrogens with two attached hydrogens (primary N) is 1. The molecule has 1 unspecified atom stereocenters. The van der Waals surface area contributed by atoms with E-state index in [0.29, 0.717) is 53.5 Å². The van der Waals surface area contributed by atoms with Crippen molar-refractivity contribution >= 4 is 46.1 Å². The van der Waals surface area contributed by atoms with E-state index in [9.17, 15) is 4.79 Å². The Morgan fingerprint density at radius 2 is 1.83 bits per heavy atom. The number of hydrogen-bond acceptors (Lipinski definition) is 8. The molecule has 2 N–H and O–H groups in total. The summed E-state index contributed by atoms with van der Waals surface area (Å²) < 4.78 is 14.4. The van der Waals surface area contributed by atoms with Gasteiger partial charge in [0.1, 0.15) is 17.5 Å². The molecule has 2 aliphatic rings. The van der Waals surface area contributed by atoms with Gasteiger partial charge in [-0.3, -0.25) is 4.98 Å². The Hall–Kier alpha value is -3.67. The Bertz CT molecular complexity index is 1560. The van der Waals surface area contributed by atoms with Crippen molar-refractivity contribution in [3.05, 3.63) is 58.6 Å². The number of pyridine rings is 1. The lowest BCUT2D eigenvalue weighted by Crippen LogP contribution is -2.38. The number of halogens is 2. The molecule has 1 aromatic carbocycles. The molecule has 2 atom stereocenters. The minimum absolute atomic E-state index is 0.152. The third-order valence-electron chi connectivity index (χ3n) is 7.72. The van der Waals surface area contributed by atoms with Crippen molar-refractivity contribution in [3.63, 3.8) is 0 Å². The number of anilines is 1. The molecule has 0 aliphatic carbocycles. The molecule has 0 bridgehead atoms. The van der Waals surface area contributed by atoms with Crippen molar-refractivity contribution in [1.29, 1.82) is 0 Å². The lowest BCUT2D eigenvalue weighted by atomic mass is 10.1. The zero-order valence-electron chi connectivity index (χ0n) is 23.2. The van der Waals surface area contributed by atoms with Crippen LogP contribution in [0, 0.1) is 0 Å². The van der Waals surface area contributed by atoms with E-state index in [4.69, 9.17) is 43.5 Å². The van der Waals surface area contributed by atoms with Crippen LogP contribution in [0.5, 0.6) is 5.75 Å². The molecule has 2 amide bonds. The summed E-state index contributed by atoms with van der Waals surface area (Å²) in [6, 6.07) is 5.49. The summed E-state index contributed by atoms with van der Waals surface area (Å²) in [4.78, 5) is 28.7. The second-order valence-electron chi connectivity index (χ2n) is 10.5. The number of hydrogen-bond donors (Lipinski definition) is 1. The van der Waals surface area contributed by atoms with Crippen molar-refractivity contribution in [2.75, 3.05) is 37.7 Å². The highest BCUT2D eigenvalue weighted by Crippen LogP contribution is 2.37. The molecular weight excluding hydrogens is 579 g/mol. The summed E-state index contributed by atoms with van der Waals surface area (Å²) in [6.45, 7) is 5.12. The molecule has 3 aromatic heterocycles. The predicted molar refractivity (Wildman–Crippen MR) is 161 cm³/mol. The average molecular weight is 612 g/mol. The standard InChI is InChI=1S/C29H32Cl2N8O3/c1-18(26-22(30)16-33-17-23(26)31)42-20-6-7-24-21(13-20)27(36-39(24)25-5-2-3-12-41-25)19-14-34-29(35-15-19)38-9-4-8-37(10-11-38)28(32)40/h6-7,13-18,25H,2-5,8-12H2,1H3,(H2,32,40)/t18-,25?/m1/s1. The number of ether oxygens (including phenoxy) is 2. The highest BCUT2D eigenvalue weighted by Gasteiger charge is 2.24. The quantitative estimate of drug-likeness (QED) is 0.298. The van der Waals surface area contributed by atoms with Gasteiger partial charge in [-0.2, -0.15) is 5.10 Å². The van der Waals surface area contributed by atoms with Crippen LogP contribution in [0.25, 0.3) is 22.2 Å². The maximum atomic E-state index is 11.6. The van der Waals surface area contributed by atoms with Crippen molar-refractivity contribution in [2.24, 2.45) is 5.73 Å². The summed E-state index contributed by atoms with van der Waals surface area (Å²) in [6.07, 6.45) is 9.93. The van der Waals surface area contributed by atoms with Gasteiger partial charge >= 0.3 is 6.03 Å². The second-order valence-corrected chi connectivity index (χ2v) is 11.3. The third-order valence-corrected chi connectivity index (χ3v) is 8.32. The first kappa shape index (κ1) is 28.4. The molecule has 0 saturated carbocycles. The maximum absolute atomic E-state index is 11.6. The number of rotatable bonds is 6. The first-order valence-electron chi connectivity index (χ1n) is 14.1. The zero-order chi connectivity index (χ0) is 29.2. The summed E-state index contributed by atoms with van der Waals surface area (Å²) in [5.74, 6) is 1.25. The minimum atomic E-state index is -0.410. The molecule has 0 spiro atoms. The summed E-state index contributed by atoms with van der Waals surface area (Å²) in [5.41, 5.74) is 8.60. The fraction of sp³-hybridized carbons (Fsp3) is 0.414. The van der Waals surface area contributed by atoms with Gasteiger partial charge in [0, 0.05) is 74.1 Å². The molecule has 4 aromatic rings. The van der Waals surface area contributed by atoms with Crippen LogP contribution in [-0.2, 0) is 4.74 Å². The van der Waals surface area contributed by atoms with E-state index in [1.165, 1.54) is 0 Å². The number of primary amides is 1. The van der Waals surface area contributed by atoms with Crippen molar-refractivity contribution in [3.8, 4) is 17.0 Å². The van der Waals surface area contributed by atoms with Crippen molar-refractivity contribution in [1.82, 2.24) is 29.6 Å². The lowest BCUT2D eigenvalue weighted by Gasteiger charge is -2.23. The molecule has 2 aliphatic heterocycles. The summed E-state index contributed by atoms with van der Waals surface area (Å²) in [5, 5.41) is 6.80. The Kier molecular flexibility index (Phi) is 8.32. The van der Waals surface area contributed by atoms with Crippen LogP contribution < -0.4 is 15.4 Å². The van der Waals surface area contributed by atoms with Gasteiger partial charge in [-0.05, 0) is 50.8 Å². The molecular formula is C29H32Cl2N8O3. The van der Waals surface area contributed by atoms with Crippen LogP contribution in [0.1, 0.15) is 50.5 Å². The highest BCUT2D eigenvalue weighted by molar-refractivity contribution is 6.35. The monoisotopic (exact) mass is 610 g/mol. The van der Waals surface area contributed by atoms with E-state index in [1.54, 1.807) is 29.7 Å². The van der Waals surface area contributed by atoms with Gasteiger partial charge in [-0.25, -0.2) is 19.4 Å². The largest absolute Gasteiger partial charge is 0.486 e. The molecule has 2 fully saturated rings. The van der Waals surface area contributed by atoms with E-state index in [0.717, 1.165) is 54.4 Å². The van der Waals surface area contributed by atoms with Crippen LogP contribution in [0.4, 0.5) is 10.7 Å². The molecule has 0 radical (unpaired) electrons. The molecule has 42 heavy (non-hydrogen) atoms. The average Bonchev–Trinajstić information content (AvgIpc) is 3.18. The highest BCUT2D eigenvalue weighted by atomic mass is 35.5. The molecule has 6 rings (SSSR count). The molecule has 5 heterocycles. The van der Waals surface area contributed by atoms with E-state index in [1.807, 2.05) is 29.8 Å². The first-order chi connectivity index (χ1) is 20.4. The fourth-order valence-corrected chi connectivity index (χ4v) is 6.23. The number of aromatic nitrogens is 5.